The number of para-hydroxylation sites is 3. The van der Waals surface area contributed by atoms with Crippen LogP contribution in [0.25, 0.3) is 75.5 Å². The summed E-state index contributed by atoms with van der Waals surface area (Å²) in [6, 6.07) is 57.7. The van der Waals surface area contributed by atoms with Crippen molar-refractivity contribution in [3.05, 3.63) is 194 Å². The molecule has 2 nitrogen and oxygen atoms in total. The van der Waals surface area contributed by atoms with Crippen LogP contribution in [0, 0.1) is 0 Å². The Hall–Kier alpha value is -6.42. The van der Waals surface area contributed by atoms with Gasteiger partial charge in [0, 0.05) is 60.1 Å². The van der Waals surface area contributed by atoms with E-state index in [1.165, 1.54) is 69.9 Å². The van der Waals surface area contributed by atoms with Gasteiger partial charge < -0.3 is 9.47 Å². The lowest BCUT2D eigenvalue weighted by Gasteiger charge is -2.26. The molecule has 2 aromatic heterocycles. The molecule has 0 unspecified atom stereocenters. The fourth-order valence-electron chi connectivity index (χ4n) is 7.84. The lowest BCUT2D eigenvalue weighted by molar-refractivity contribution is 1.09. The monoisotopic (exact) mass is 682 g/mol. The quantitative estimate of drug-likeness (QED) is 0.179. The molecule has 52 heavy (non-hydrogen) atoms. The number of rotatable bonds is 4. The molecule has 0 aliphatic carbocycles. The zero-order chi connectivity index (χ0) is 34.6. The molecule has 0 atom stereocenters. The second-order valence-electron chi connectivity index (χ2n) is 13.4. The van der Waals surface area contributed by atoms with E-state index in [-0.39, 0.29) is 0 Å². The normalized spacial score (nSPS) is 14.4. The highest BCUT2D eigenvalue weighted by Crippen LogP contribution is 2.41. The van der Waals surface area contributed by atoms with Gasteiger partial charge in [-0.25, -0.2) is 0 Å². The molecule has 0 saturated carbocycles. The van der Waals surface area contributed by atoms with Crippen molar-refractivity contribution >= 4 is 70.3 Å². The standard InChI is InChI=1S/C49H34N2S/c1-33-13-3-2-10-28-50(45-21-7-4-18-40(33)45)38-16-11-14-34(29-38)36-24-26-48-43(31-36)44-32-37(25-27-49(44)52-48)35-15-12-17-39(30-35)51-46-22-8-5-19-41(46)42-20-6-9-23-47(42)51/h2-27,29-32H,1,28H2/b10-2-,13-3-. The molecule has 1 aliphatic rings. The first-order chi connectivity index (χ1) is 25.7. The van der Waals surface area contributed by atoms with E-state index in [2.05, 4.69) is 198 Å². The Morgan fingerprint density at radius 1 is 0.481 bits per heavy atom. The number of nitrogens with zero attached hydrogens (tertiary/aromatic N) is 2. The minimum atomic E-state index is 0.771. The highest BCUT2D eigenvalue weighted by molar-refractivity contribution is 7.25. The molecular weight excluding hydrogens is 649 g/mol. The molecule has 0 bridgehead atoms. The van der Waals surface area contributed by atoms with Crippen molar-refractivity contribution in [1.82, 2.24) is 4.57 Å². The van der Waals surface area contributed by atoms with Gasteiger partial charge >= 0.3 is 0 Å². The third-order valence-electron chi connectivity index (χ3n) is 10.4. The molecule has 0 saturated heterocycles. The average molecular weight is 683 g/mol. The largest absolute Gasteiger partial charge is 0.337 e. The minimum absolute atomic E-state index is 0.771. The molecule has 246 valence electrons. The Balaban J connectivity index is 1.05. The summed E-state index contributed by atoms with van der Waals surface area (Å²) in [4.78, 5) is 2.38. The van der Waals surface area contributed by atoms with E-state index in [4.69, 9.17) is 0 Å². The second kappa shape index (κ2) is 12.4. The Labute approximate surface area is 307 Å². The van der Waals surface area contributed by atoms with Crippen molar-refractivity contribution in [2.75, 3.05) is 11.4 Å². The van der Waals surface area contributed by atoms with Gasteiger partial charge in [0.2, 0.25) is 0 Å². The predicted octanol–water partition coefficient (Wildman–Crippen LogP) is 13.8. The first-order valence-electron chi connectivity index (χ1n) is 17.7. The highest BCUT2D eigenvalue weighted by atomic mass is 32.1. The maximum Gasteiger partial charge on any atom is 0.0541 e. The number of hydrogen-bond donors (Lipinski definition) is 0. The van der Waals surface area contributed by atoms with Crippen LogP contribution in [0.15, 0.2) is 189 Å². The van der Waals surface area contributed by atoms with Gasteiger partial charge in [-0.3, -0.25) is 0 Å². The lowest BCUT2D eigenvalue weighted by atomic mass is 9.99. The minimum Gasteiger partial charge on any atom is -0.337 e. The van der Waals surface area contributed by atoms with Gasteiger partial charge in [0.25, 0.3) is 0 Å². The summed E-state index contributed by atoms with van der Waals surface area (Å²) in [7, 11) is 0. The molecule has 9 aromatic rings. The number of aromatic nitrogens is 1. The molecule has 0 radical (unpaired) electrons. The summed E-state index contributed by atoms with van der Waals surface area (Å²) in [5.41, 5.74) is 12.9. The Kier molecular flexibility index (Phi) is 7.26. The summed E-state index contributed by atoms with van der Waals surface area (Å²) in [6.45, 7) is 5.13. The molecule has 0 N–H and O–H groups in total. The fourth-order valence-corrected chi connectivity index (χ4v) is 8.91. The van der Waals surface area contributed by atoms with Gasteiger partial charge in [-0.05, 0) is 94.6 Å². The Morgan fingerprint density at radius 2 is 1.06 bits per heavy atom. The van der Waals surface area contributed by atoms with Crippen molar-refractivity contribution in [2.45, 2.75) is 0 Å². The van der Waals surface area contributed by atoms with E-state index in [0.29, 0.717) is 0 Å². The molecule has 7 aromatic carbocycles. The first-order valence-corrected chi connectivity index (χ1v) is 18.6. The fraction of sp³-hybridized carbons (Fsp3) is 0.0204. The summed E-state index contributed by atoms with van der Waals surface area (Å²) in [5.74, 6) is 0. The zero-order valence-electron chi connectivity index (χ0n) is 28.5. The number of fused-ring (bicyclic) bond motifs is 7. The summed E-state index contributed by atoms with van der Waals surface area (Å²) in [6.07, 6.45) is 8.48. The van der Waals surface area contributed by atoms with Gasteiger partial charge in [-0.2, -0.15) is 0 Å². The van der Waals surface area contributed by atoms with Crippen LogP contribution in [0.4, 0.5) is 11.4 Å². The summed E-state index contributed by atoms with van der Waals surface area (Å²) < 4.78 is 5.00. The molecular formula is C49H34N2S. The average Bonchev–Trinajstić information content (AvgIpc) is 3.76. The predicted molar refractivity (Wildman–Crippen MR) is 225 cm³/mol. The van der Waals surface area contributed by atoms with Crippen molar-refractivity contribution < 1.29 is 0 Å². The van der Waals surface area contributed by atoms with Gasteiger partial charge in [-0.15, -0.1) is 11.3 Å². The number of thiophene rings is 1. The maximum absolute atomic E-state index is 4.36. The summed E-state index contributed by atoms with van der Waals surface area (Å²) >= 11 is 1.86. The van der Waals surface area contributed by atoms with E-state index in [1.54, 1.807) is 0 Å². The third-order valence-corrected chi connectivity index (χ3v) is 11.5. The van der Waals surface area contributed by atoms with E-state index in [0.717, 1.165) is 29.1 Å². The third kappa shape index (κ3) is 5.09. The van der Waals surface area contributed by atoms with Crippen LogP contribution in [0.1, 0.15) is 5.56 Å². The van der Waals surface area contributed by atoms with Crippen LogP contribution in [-0.2, 0) is 0 Å². The van der Waals surface area contributed by atoms with Crippen LogP contribution in [0.5, 0.6) is 0 Å². The second-order valence-corrected chi connectivity index (χ2v) is 14.5. The van der Waals surface area contributed by atoms with Crippen LogP contribution in [0.3, 0.4) is 0 Å². The summed E-state index contributed by atoms with van der Waals surface area (Å²) in [5, 5.41) is 5.14. The topological polar surface area (TPSA) is 8.17 Å². The smallest absolute Gasteiger partial charge is 0.0541 e. The number of anilines is 2. The Morgan fingerprint density at radius 3 is 1.75 bits per heavy atom. The van der Waals surface area contributed by atoms with Crippen LogP contribution < -0.4 is 4.90 Å². The maximum atomic E-state index is 4.36. The Bertz CT molecular complexity index is 2860. The molecule has 0 spiro atoms. The first kappa shape index (κ1) is 30.4. The van der Waals surface area contributed by atoms with Gasteiger partial charge in [-0.1, -0.05) is 122 Å². The molecule has 0 fully saturated rings. The van der Waals surface area contributed by atoms with Crippen molar-refractivity contribution in [3.8, 4) is 27.9 Å². The van der Waals surface area contributed by atoms with E-state index >= 15 is 0 Å². The van der Waals surface area contributed by atoms with Gasteiger partial charge in [0.1, 0.15) is 0 Å². The van der Waals surface area contributed by atoms with Gasteiger partial charge in [0.15, 0.2) is 0 Å². The molecule has 0 amide bonds. The van der Waals surface area contributed by atoms with Gasteiger partial charge in [0.05, 0.1) is 11.0 Å². The van der Waals surface area contributed by atoms with Crippen molar-refractivity contribution in [2.24, 2.45) is 0 Å². The lowest BCUT2D eigenvalue weighted by Crippen LogP contribution is -2.18. The van der Waals surface area contributed by atoms with Crippen LogP contribution in [-0.4, -0.2) is 11.1 Å². The van der Waals surface area contributed by atoms with Crippen LogP contribution >= 0.6 is 11.3 Å². The molecule has 3 heterocycles. The van der Waals surface area contributed by atoms with Crippen LogP contribution in [0.2, 0.25) is 0 Å². The molecule has 1 aliphatic heterocycles. The zero-order valence-corrected chi connectivity index (χ0v) is 29.4. The van der Waals surface area contributed by atoms with Crippen molar-refractivity contribution in [3.63, 3.8) is 0 Å². The number of benzene rings is 7. The number of allylic oxidation sites excluding steroid dienone is 4. The number of hydrogen-bond acceptors (Lipinski definition) is 2. The van der Waals surface area contributed by atoms with E-state index < -0.39 is 0 Å². The molecule has 3 heteroatoms. The molecule has 10 rings (SSSR count). The highest BCUT2D eigenvalue weighted by Gasteiger charge is 2.16. The van der Waals surface area contributed by atoms with E-state index in [9.17, 15) is 0 Å². The van der Waals surface area contributed by atoms with Crippen molar-refractivity contribution in [1.29, 1.82) is 0 Å². The van der Waals surface area contributed by atoms with E-state index in [1.807, 2.05) is 11.3 Å². The SMILES string of the molecule is C=C1/C=C\C=C/CN(c2cccc(-c3ccc4sc5ccc(-c6cccc(-n7c8ccccc8c8ccccc87)c6)cc5c4c3)c2)c2ccccc21.